The fraction of sp³-hybridized carbons (Fsp3) is 0.750. The summed E-state index contributed by atoms with van der Waals surface area (Å²) >= 11 is 1.72. The lowest BCUT2D eigenvalue weighted by Gasteiger charge is -2.35. The zero-order valence-corrected chi connectivity index (χ0v) is 11.2. The minimum atomic E-state index is 0.442. The first-order valence-electron chi connectivity index (χ1n) is 6.02. The molecule has 0 bridgehead atoms. The Balaban J connectivity index is 2.17. The smallest absolute Gasteiger partial charge is 0.197 e. The quantitative estimate of drug-likeness (QED) is 0.630. The number of hydrogen-bond donors (Lipinski definition) is 2. The summed E-state index contributed by atoms with van der Waals surface area (Å²) in [5.74, 6) is 6.19. The number of nitrogens with one attached hydrogen (secondary N) is 1. The van der Waals surface area contributed by atoms with Gasteiger partial charge in [-0.25, -0.2) is 10.8 Å². The van der Waals surface area contributed by atoms with Gasteiger partial charge in [-0.15, -0.1) is 11.3 Å². The van der Waals surface area contributed by atoms with Crippen LogP contribution >= 0.6 is 11.3 Å². The standard InChI is InChI=1S/C12H21N3S/c1-4-12(2,3)8-5-6-9-10(7-8)16-11(14-9)15-13/h8H,4-7,13H2,1-3H3,(H,14,15). The first-order valence-corrected chi connectivity index (χ1v) is 6.83. The highest BCUT2D eigenvalue weighted by Crippen LogP contribution is 2.41. The van der Waals surface area contributed by atoms with Crippen LogP contribution in [0.2, 0.25) is 0 Å². The molecular weight excluding hydrogens is 218 g/mol. The molecular formula is C12H21N3S. The normalized spacial score (nSPS) is 20.6. The van der Waals surface area contributed by atoms with E-state index in [1.165, 1.54) is 29.8 Å². The highest BCUT2D eigenvalue weighted by Gasteiger charge is 2.32. The molecule has 4 heteroatoms. The van der Waals surface area contributed by atoms with Gasteiger partial charge in [0.1, 0.15) is 0 Å². The fourth-order valence-electron chi connectivity index (χ4n) is 2.39. The number of anilines is 1. The maximum absolute atomic E-state index is 5.41. The maximum Gasteiger partial charge on any atom is 0.197 e. The number of nitrogen functional groups attached to an aromatic ring is 1. The molecule has 0 fully saturated rings. The van der Waals surface area contributed by atoms with Crippen LogP contribution in [0.1, 0.15) is 44.2 Å². The lowest BCUT2D eigenvalue weighted by molar-refractivity contribution is 0.183. The molecule has 1 unspecified atom stereocenters. The molecule has 0 amide bonds. The Morgan fingerprint density at radius 1 is 1.56 bits per heavy atom. The monoisotopic (exact) mass is 239 g/mol. The first kappa shape index (κ1) is 11.9. The van der Waals surface area contributed by atoms with Crippen molar-refractivity contribution in [2.75, 3.05) is 5.43 Å². The van der Waals surface area contributed by atoms with E-state index in [9.17, 15) is 0 Å². The molecule has 0 aromatic carbocycles. The second-order valence-corrected chi connectivity index (χ2v) is 6.40. The molecule has 3 N–H and O–H groups in total. The largest absolute Gasteiger partial charge is 0.300 e. The average Bonchev–Trinajstić information content (AvgIpc) is 2.70. The first-order chi connectivity index (χ1) is 7.56. The number of hydrogen-bond acceptors (Lipinski definition) is 4. The number of fused-ring (bicyclic) bond motifs is 1. The molecule has 0 radical (unpaired) electrons. The highest BCUT2D eigenvalue weighted by atomic mass is 32.1. The number of aryl methyl sites for hydroxylation is 1. The molecule has 3 nitrogen and oxygen atoms in total. The van der Waals surface area contributed by atoms with Crippen molar-refractivity contribution in [1.29, 1.82) is 0 Å². The van der Waals surface area contributed by atoms with E-state index < -0.39 is 0 Å². The Morgan fingerprint density at radius 3 is 2.94 bits per heavy atom. The van der Waals surface area contributed by atoms with E-state index >= 15 is 0 Å². The van der Waals surface area contributed by atoms with E-state index in [4.69, 9.17) is 5.84 Å². The van der Waals surface area contributed by atoms with E-state index in [2.05, 4.69) is 31.2 Å². The molecule has 2 rings (SSSR count). The highest BCUT2D eigenvalue weighted by molar-refractivity contribution is 7.15. The molecule has 0 aliphatic heterocycles. The summed E-state index contributed by atoms with van der Waals surface area (Å²) in [7, 11) is 0. The van der Waals surface area contributed by atoms with Gasteiger partial charge in [0.05, 0.1) is 5.69 Å². The molecule has 0 saturated carbocycles. The van der Waals surface area contributed by atoms with Gasteiger partial charge >= 0.3 is 0 Å². The van der Waals surface area contributed by atoms with Gasteiger partial charge < -0.3 is 0 Å². The fourth-order valence-corrected chi connectivity index (χ4v) is 3.39. The summed E-state index contributed by atoms with van der Waals surface area (Å²) in [5, 5.41) is 0.861. The van der Waals surface area contributed by atoms with E-state index in [1.54, 1.807) is 11.3 Å². The van der Waals surface area contributed by atoms with Crippen molar-refractivity contribution in [3.63, 3.8) is 0 Å². The van der Waals surface area contributed by atoms with Gasteiger partial charge in [-0.2, -0.15) is 0 Å². The van der Waals surface area contributed by atoms with E-state index in [0.717, 1.165) is 17.5 Å². The van der Waals surface area contributed by atoms with Gasteiger partial charge in [-0.3, -0.25) is 5.43 Å². The molecule has 16 heavy (non-hydrogen) atoms. The summed E-state index contributed by atoms with van der Waals surface area (Å²) in [6, 6.07) is 0. The van der Waals surface area contributed by atoms with Crippen molar-refractivity contribution in [1.82, 2.24) is 4.98 Å². The number of nitrogens with two attached hydrogens (primary N) is 1. The number of nitrogens with zero attached hydrogens (tertiary/aromatic N) is 1. The third-order valence-electron chi connectivity index (χ3n) is 4.08. The van der Waals surface area contributed by atoms with E-state index in [1.807, 2.05) is 0 Å². The Labute approximate surface area is 101 Å². The number of rotatable bonds is 3. The molecule has 90 valence electrons. The van der Waals surface area contributed by atoms with Crippen LogP contribution in [0.25, 0.3) is 0 Å². The van der Waals surface area contributed by atoms with Gasteiger partial charge in [-0.05, 0) is 30.6 Å². The van der Waals surface area contributed by atoms with Crippen LogP contribution in [0.15, 0.2) is 0 Å². The van der Waals surface area contributed by atoms with Gasteiger partial charge in [-0.1, -0.05) is 27.2 Å². The van der Waals surface area contributed by atoms with Gasteiger partial charge in [0.15, 0.2) is 5.13 Å². The van der Waals surface area contributed by atoms with Crippen LogP contribution in [0.4, 0.5) is 5.13 Å². The number of thiazole rings is 1. The molecule has 1 aliphatic carbocycles. The topological polar surface area (TPSA) is 50.9 Å². The van der Waals surface area contributed by atoms with Crippen molar-refractivity contribution in [2.45, 2.75) is 46.5 Å². The van der Waals surface area contributed by atoms with Gasteiger partial charge in [0, 0.05) is 4.88 Å². The van der Waals surface area contributed by atoms with Crippen LogP contribution in [-0.2, 0) is 12.8 Å². The second-order valence-electron chi connectivity index (χ2n) is 5.32. The average molecular weight is 239 g/mol. The molecule has 0 spiro atoms. The van der Waals surface area contributed by atoms with Crippen molar-refractivity contribution in [2.24, 2.45) is 17.2 Å². The molecule has 1 aromatic rings. The molecule has 1 heterocycles. The van der Waals surface area contributed by atoms with E-state index in [-0.39, 0.29) is 0 Å². The Hall–Kier alpha value is -0.610. The van der Waals surface area contributed by atoms with Crippen LogP contribution in [0, 0.1) is 11.3 Å². The van der Waals surface area contributed by atoms with Crippen LogP contribution < -0.4 is 11.3 Å². The molecule has 1 atom stereocenters. The zero-order valence-electron chi connectivity index (χ0n) is 10.3. The van der Waals surface area contributed by atoms with E-state index in [0.29, 0.717) is 5.41 Å². The van der Waals surface area contributed by atoms with Crippen LogP contribution in [-0.4, -0.2) is 4.98 Å². The summed E-state index contributed by atoms with van der Waals surface area (Å²) in [6.07, 6.45) is 4.80. The number of hydrazine groups is 1. The van der Waals surface area contributed by atoms with Crippen molar-refractivity contribution in [3.8, 4) is 0 Å². The maximum atomic E-state index is 5.41. The van der Waals surface area contributed by atoms with Gasteiger partial charge in [0.2, 0.25) is 0 Å². The Bertz CT molecular complexity index is 370. The third-order valence-corrected chi connectivity index (χ3v) is 5.13. The summed E-state index contributed by atoms with van der Waals surface area (Å²) in [5.41, 5.74) is 4.37. The summed E-state index contributed by atoms with van der Waals surface area (Å²) < 4.78 is 0. The molecule has 1 aliphatic rings. The lowest BCUT2D eigenvalue weighted by atomic mass is 9.70. The van der Waals surface area contributed by atoms with Crippen LogP contribution in [0.5, 0.6) is 0 Å². The zero-order chi connectivity index (χ0) is 11.8. The lowest BCUT2D eigenvalue weighted by Crippen LogP contribution is -2.28. The Morgan fingerprint density at radius 2 is 2.31 bits per heavy atom. The summed E-state index contributed by atoms with van der Waals surface area (Å²) in [4.78, 5) is 5.93. The summed E-state index contributed by atoms with van der Waals surface area (Å²) in [6.45, 7) is 7.05. The minimum Gasteiger partial charge on any atom is -0.300 e. The molecule has 1 aromatic heterocycles. The number of aromatic nitrogens is 1. The van der Waals surface area contributed by atoms with Crippen LogP contribution in [0.3, 0.4) is 0 Å². The Kier molecular flexibility index (Phi) is 3.22. The SMILES string of the molecule is CCC(C)(C)C1CCc2nc(NN)sc2C1. The predicted molar refractivity (Wildman–Crippen MR) is 69.5 cm³/mol. The van der Waals surface area contributed by atoms with Crippen molar-refractivity contribution >= 4 is 16.5 Å². The predicted octanol–water partition coefficient (Wildman–Crippen LogP) is 2.97. The molecule has 0 saturated heterocycles. The second kappa shape index (κ2) is 4.34. The van der Waals surface area contributed by atoms with Crippen molar-refractivity contribution in [3.05, 3.63) is 10.6 Å². The third kappa shape index (κ3) is 2.09. The minimum absolute atomic E-state index is 0.442. The van der Waals surface area contributed by atoms with Crippen molar-refractivity contribution < 1.29 is 0 Å². The van der Waals surface area contributed by atoms with Gasteiger partial charge in [0.25, 0.3) is 0 Å².